The van der Waals surface area contributed by atoms with Gasteiger partial charge in [-0.25, -0.2) is 4.98 Å². The van der Waals surface area contributed by atoms with Crippen molar-refractivity contribution in [3.8, 4) is 39.4 Å². The minimum atomic E-state index is -2.92. The molecular weight excluding hydrogens is 602 g/mol. The molecule has 0 aliphatic carbocycles. The van der Waals surface area contributed by atoms with Crippen LogP contribution in [0.15, 0.2) is 84.2 Å². The largest absolute Gasteiger partial charge is 0.435 e. The Morgan fingerprint density at radius 1 is 0.978 bits per heavy atom. The first-order valence-corrected chi connectivity index (χ1v) is 14.8. The molecule has 9 nitrogen and oxygen atoms in total. The highest BCUT2D eigenvalue weighted by Crippen LogP contribution is 2.35. The van der Waals surface area contributed by atoms with Gasteiger partial charge in [-0.05, 0) is 60.4 Å². The van der Waals surface area contributed by atoms with Gasteiger partial charge >= 0.3 is 6.61 Å². The number of nitrogens with one attached hydrogen (secondary N) is 1. The fourth-order valence-corrected chi connectivity index (χ4v) is 5.84. The van der Waals surface area contributed by atoms with Gasteiger partial charge in [-0.1, -0.05) is 43.1 Å². The highest BCUT2D eigenvalue weighted by molar-refractivity contribution is 6.31. The molecule has 4 heterocycles. The monoisotopic (exact) mass is 630 g/mol. The zero-order valence-corrected chi connectivity index (χ0v) is 25.2. The van der Waals surface area contributed by atoms with Crippen molar-refractivity contribution in [2.24, 2.45) is 13.0 Å². The summed E-state index contributed by atoms with van der Waals surface area (Å²) in [5, 5.41) is 7.81. The minimum Gasteiger partial charge on any atom is -0.435 e. The summed E-state index contributed by atoms with van der Waals surface area (Å²) in [7, 11) is 1.81. The fraction of sp³-hybridized carbons (Fsp3) is 0.242. The van der Waals surface area contributed by atoms with Crippen LogP contribution in [0.25, 0.3) is 33.6 Å². The molecule has 2 atom stereocenters. The lowest BCUT2D eigenvalue weighted by Gasteiger charge is -2.22. The number of aromatic nitrogens is 5. The third kappa shape index (κ3) is 6.34. The van der Waals surface area contributed by atoms with Crippen LogP contribution in [0, 0.1) is 5.92 Å². The molecule has 0 spiro atoms. The Hall–Kier alpha value is -4.90. The minimum absolute atomic E-state index is 0.0364. The molecule has 230 valence electrons. The number of anilines is 1. The number of ether oxygens (including phenoxy) is 1. The molecule has 5 aromatic rings. The van der Waals surface area contributed by atoms with Gasteiger partial charge in [-0.2, -0.15) is 13.9 Å². The molecule has 0 radical (unpaired) electrons. The fourth-order valence-electron chi connectivity index (χ4n) is 5.67. The molecule has 3 aromatic heterocycles. The average Bonchev–Trinajstić information content (AvgIpc) is 3.38. The van der Waals surface area contributed by atoms with Crippen molar-refractivity contribution in [2.75, 3.05) is 5.32 Å². The van der Waals surface area contributed by atoms with E-state index in [4.69, 9.17) is 11.6 Å². The van der Waals surface area contributed by atoms with Gasteiger partial charge in [0, 0.05) is 41.4 Å². The summed E-state index contributed by atoms with van der Waals surface area (Å²) < 4.78 is 33.0. The van der Waals surface area contributed by atoms with E-state index in [1.165, 1.54) is 24.5 Å². The number of pyridine rings is 1. The second kappa shape index (κ2) is 12.6. The van der Waals surface area contributed by atoms with Crippen LogP contribution in [-0.2, 0) is 11.8 Å². The van der Waals surface area contributed by atoms with Crippen molar-refractivity contribution in [3.05, 3.63) is 100 Å². The molecule has 1 aliphatic heterocycles. The highest BCUT2D eigenvalue weighted by Gasteiger charge is 2.24. The van der Waals surface area contributed by atoms with Gasteiger partial charge < -0.3 is 10.1 Å². The van der Waals surface area contributed by atoms with Crippen molar-refractivity contribution in [3.63, 3.8) is 0 Å². The van der Waals surface area contributed by atoms with Crippen LogP contribution in [0.3, 0.4) is 0 Å². The number of hydrogen-bond donors (Lipinski definition) is 1. The first-order valence-electron chi connectivity index (χ1n) is 14.4. The molecule has 2 unspecified atom stereocenters. The van der Waals surface area contributed by atoms with E-state index >= 15 is 0 Å². The second-order valence-electron chi connectivity index (χ2n) is 10.9. The predicted molar refractivity (Wildman–Crippen MR) is 167 cm³/mol. The Labute approximate surface area is 262 Å². The molecule has 1 N–H and O–H groups in total. The molecule has 0 fully saturated rings. The van der Waals surface area contributed by atoms with E-state index in [2.05, 4.69) is 25.1 Å². The van der Waals surface area contributed by atoms with E-state index in [0.29, 0.717) is 58.1 Å². The van der Waals surface area contributed by atoms with E-state index < -0.39 is 12.7 Å². The Kier molecular flexibility index (Phi) is 8.44. The van der Waals surface area contributed by atoms with Crippen molar-refractivity contribution in [1.29, 1.82) is 0 Å². The van der Waals surface area contributed by atoms with Crippen molar-refractivity contribution in [1.82, 2.24) is 24.3 Å². The summed E-state index contributed by atoms with van der Waals surface area (Å²) in [6.07, 6.45) is 6.68. The van der Waals surface area contributed by atoms with E-state index in [1.807, 2.05) is 19.1 Å². The first-order chi connectivity index (χ1) is 21.7. The van der Waals surface area contributed by atoms with Gasteiger partial charge in [0.05, 0.1) is 41.3 Å². The summed E-state index contributed by atoms with van der Waals surface area (Å²) in [6, 6.07) is 16.2. The zero-order valence-electron chi connectivity index (χ0n) is 24.5. The number of carbonyl (C=O) groups is 1. The predicted octanol–water partition coefficient (Wildman–Crippen LogP) is 6.98. The van der Waals surface area contributed by atoms with Crippen LogP contribution >= 0.6 is 11.6 Å². The van der Waals surface area contributed by atoms with E-state index in [1.54, 1.807) is 59.0 Å². The van der Waals surface area contributed by atoms with Gasteiger partial charge in [-0.3, -0.25) is 23.8 Å². The highest BCUT2D eigenvalue weighted by atomic mass is 35.5. The molecule has 2 aromatic carbocycles. The molecular formula is C33H29ClF2N6O3. The van der Waals surface area contributed by atoms with Crippen LogP contribution in [0.2, 0.25) is 5.02 Å². The standard InChI is InChI=1S/C33H29ClF2N6O3/c1-19-4-3-5-29(27-14-21(12-13-37-27)31-28(40-32(19)44)17-39-41(31)2)42-18-38-26(16-30(42)43)25-15-22(34)8-11-24(25)20-6-9-23(10-7-20)45-33(35)36/h6-19,29,33H,3-5H2,1-2H3,(H,40,44). The smallest absolute Gasteiger partial charge is 0.387 e. The maximum Gasteiger partial charge on any atom is 0.387 e. The quantitative estimate of drug-likeness (QED) is 0.225. The van der Waals surface area contributed by atoms with E-state index in [-0.39, 0.29) is 23.1 Å². The SMILES string of the molecule is CC1CCCC(n2cnc(-c3cc(Cl)ccc3-c3ccc(OC(F)F)cc3)cc2=O)c2cc(ccn2)-c2c(cnn2C)NC1=O. The van der Waals surface area contributed by atoms with E-state index in [0.717, 1.165) is 11.3 Å². The number of nitrogens with zero attached hydrogens (tertiary/aromatic N) is 5. The van der Waals surface area contributed by atoms with Crippen molar-refractivity contribution in [2.45, 2.75) is 38.8 Å². The Morgan fingerprint density at radius 2 is 1.78 bits per heavy atom. The lowest BCUT2D eigenvalue weighted by Crippen LogP contribution is -2.27. The maximum atomic E-state index is 13.8. The number of hydrogen-bond acceptors (Lipinski definition) is 6. The van der Waals surface area contributed by atoms with Gasteiger partial charge in [0.2, 0.25) is 5.91 Å². The molecule has 12 heteroatoms. The molecule has 0 saturated carbocycles. The number of halogens is 3. The summed E-state index contributed by atoms with van der Waals surface area (Å²) >= 11 is 6.36. The van der Waals surface area contributed by atoms with Gasteiger partial charge in [0.15, 0.2) is 0 Å². The summed E-state index contributed by atoms with van der Waals surface area (Å²) in [4.78, 5) is 36.1. The van der Waals surface area contributed by atoms with Gasteiger partial charge in [0.25, 0.3) is 5.56 Å². The topological polar surface area (TPSA) is 104 Å². The Bertz CT molecular complexity index is 1920. The van der Waals surface area contributed by atoms with Crippen LogP contribution < -0.4 is 15.6 Å². The van der Waals surface area contributed by atoms with Crippen molar-refractivity contribution >= 4 is 23.2 Å². The summed E-state index contributed by atoms with van der Waals surface area (Å²) in [5.41, 5.74) is 4.99. The molecule has 2 bridgehead atoms. The Balaban J connectivity index is 1.40. The lowest BCUT2D eigenvalue weighted by atomic mass is 9.96. The number of amides is 1. The normalized spacial score (nSPS) is 16.8. The number of aryl methyl sites for hydroxylation is 1. The first kappa shape index (κ1) is 30.1. The van der Waals surface area contributed by atoms with Crippen molar-refractivity contribution < 1.29 is 18.3 Å². The number of rotatable bonds is 5. The molecule has 0 saturated heterocycles. The van der Waals surface area contributed by atoms with E-state index in [9.17, 15) is 18.4 Å². The summed E-state index contributed by atoms with van der Waals surface area (Å²) in [5.74, 6) is -0.305. The second-order valence-corrected chi connectivity index (χ2v) is 11.4. The number of benzene rings is 2. The van der Waals surface area contributed by atoms with Gasteiger partial charge in [-0.15, -0.1) is 0 Å². The number of fused-ring (bicyclic) bond motifs is 4. The van der Waals surface area contributed by atoms with Crippen LogP contribution in [0.4, 0.5) is 14.5 Å². The van der Waals surface area contributed by atoms with Crippen LogP contribution in [0.1, 0.15) is 37.9 Å². The van der Waals surface area contributed by atoms with Crippen LogP contribution in [0.5, 0.6) is 5.75 Å². The third-order valence-corrected chi connectivity index (χ3v) is 8.21. The van der Waals surface area contributed by atoms with Crippen LogP contribution in [-0.4, -0.2) is 36.8 Å². The third-order valence-electron chi connectivity index (χ3n) is 7.97. The van der Waals surface area contributed by atoms with Gasteiger partial charge in [0.1, 0.15) is 5.75 Å². The number of carbonyl (C=O) groups excluding carboxylic acids is 1. The average molecular weight is 631 g/mol. The lowest BCUT2D eigenvalue weighted by molar-refractivity contribution is -0.119. The Morgan fingerprint density at radius 3 is 2.53 bits per heavy atom. The maximum absolute atomic E-state index is 13.8. The zero-order chi connectivity index (χ0) is 31.7. The molecule has 1 aliphatic rings. The molecule has 1 amide bonds. The summed E-state index contributed by atoms with van der Waals surface area (Å²) in [6.45, 7) is -1.04. The number of alkyl halides is 2. The molecule has 45 heavy (non-hydrogen) atoms. The molecule has 6 rings (SSSR count).